The molecule has 0 atom stereocenters. The number of halogens is 2. The number of nitrogens with zero attached hydrogens (tertiary/aromatic N) is 2. The minimum Gasteiger partial charge on any atom is -0.493 e. The van der Waals surface area contributed by atoms with Crippen LogP contribution in [0.5, 0.6) is 5.75 Å². The van der Waals surface area contributed by atoms with Gasteiger partial charge >= 0.3 is 0 Å². The minimum atomic E-state index is 0.129. The third-order valence-corrected chi connectivity index (χ3v) is 3.15. The molecule has 0 aliphatic carbocycles. The molecule has 1 aromatic carbocycles. The molecule has 0 spiro atoms. The predicted octanol–water partition coefficient (Wildman–Crippen LogP) is 4.88. The Morgan fingerprint density at radius 3 is 2.60 bits per heavy atom. The van der Waals surface area contributed by atoms with Crippen LogP contribution in [0, 0.1) is 5.92 Å². The number of aromatic nitrogens is 2. The second kappa shape index (κ2) is 6.91. The van der Waals surface area contributed by atoms with Crippen molar-refractivity contribution in [3.05, 3.63) is 40.8 Å². The lowest BCUT2D eigenvalue weighted by Gasteiger charge is -2.12. The first kappa shape index (κ1) is 15.1. The molecule has 0 aliphatic rings. The van der Waals surface area contributed by atoms with E-state index in [0.29, 0.717) is 23.4 Å². The summed E-state index contributed by atoms with van der Waals surface area (Å²) in [6.07, 6.45) is 1.000. The summed E-state index contributed by atoms with van der Waals surface area (Å²) in [5, 5.41) is 0.446. The van der Waals surface area contributed by atoms with Gasteiger partial charge in [0.15, 0.2) is 0 Å². The van der Waals surface area contributed by atoms with Gasteiger partial charge in [0.05, 0.1) is 12.3 Å². The number of para-hydroxylation sites is 1. The zero-order valence-electron chi connectivity index (χ0n) is 11.4. The molecule has 0 amide bonds. The van der Waals surface area contributed by atoms with Crippen LogP contribution in [0.1, 0.15) is 20.3 Å². The van der Waals surface area contributed by atoms with Gasteiger partial charge in [0.2, 0.25) is 5.28 Å². The molecule has 5 heteroatoms. The molecule has 0 fully saturated rings. The summed E-state index contributed by atoms with van der Waals surface area (Å²) in [5.74, 6) is 1.38. The van der Waals surface area contributed by atoms with Crippen LogP contribution in [0.2, 0.25) is 10.4 Å². The molecule has 0 saturated heterocycles. The van der Waals surface area contributed by atoms with E-state index in [9.17, 15) is 0 Å². The van der Waals surface area contributed by atoms with Crippen LogP contribution < -0.4 is 4.74 Å². The number of hydrogen-bond acceptors (Lipinski definition) is 3. The Morgan fingerprint density at radius 2 is 1.90 bits per heavy atom. The zero-order valence-corrected chi connectivity index (χ0v) is 12.9. The normalized spacial score (nSPS) is 10.8. The van der Waals surface area contributed by atoms with Gasteiger partial charge < -0.3 is 4.74 Å². The molecule has 0 saturated carbocycles. The molecule has 1 heterocycles. The van der Waals surface area contributed by atoms with E-state index in [4.69, 9.17) is 27.9 Å². The van der Waals surface area contributed by atoms with E-state index in [1.807, 2.05) is 24.3 Å². The molecule has 2 rings (SSSR count). The summed E-state index contributed by atoms with van der Waals surface area (Å²) in [5.41, 5.74) is 1.53. The standard InChI is InChI=1S/C15H16Cl2N2O/c1-10(2)7-8-20-13-6-4-3-5-11(13)12-9-14(16)19-15(17)18-12/h3-6,9-10H,7-8H2,1-2H3. The van der Waals surface area contributed by atoms with Gasteiger partial charge in [-0.1, -0.05) is 37.6 Å². The van der Waals surface area contributed by atoms with E-state index in [2.05, 4.69) is 23.8 Å². The minimum absolute atomic E-state index is 0.129. The Kier molecular flexibility index (Phi) is 5.21. The van der Waals surface area contributed by atoms with E-state index in [1.165, 1.54) is 0 Å². The Labute approximate surface area is 128 Å². The maximum Gasteiger partial charge on any atom is 0.224 e. The fraction of sp³-hybridized carbons (Fsp3) is 0.333. The van der Waals surface area contributed by atoms with Gasteiger partial charge in [-0.3, -0.25) is 0 Å². The third-order valence-electron chi connectivity index (χ3n) is 2.78. The van der Waals surface area contributed by atoms with E-state index in [-0.39, 0.29) is 5.28 Å². The number of ether oxygens (including phenoxy) is 1. The quantitative estimate of drug-likeness (QED) is 0.583. The maximum absolute atomic E-state index is 5.92. The van der Waals surface area contributed by atoms with Crippen molar-refractivity contribution in [3.63, 3.8) is 0 Å². The van der Waals surface area contributed by atoms with Crippen molar-refractivity contribution in [2.24, 2.45) is 5.92 Å². The lowest BCUT2D eigenvalue weighted by atomic mass is 10.1. The molecule has 3 nitrogen and oxygen atoms in total. The fourth-order valence-corrected chi connectivity index (χ4v) is 2.15. The molecule has 20 heavy (non-hydrogen) atoms. The Balaban J connectivity index is 2.27. The number of hydrogen-bond donors (Lipinski definition) is 0. The molecule has 2 aromatic rings. The van der Waals surface area contributed by atoms with Crippen molar-refractivity contribution >= 4 is 23.2 Å². The van der Waals surface area contributed by atoms with Gasteiger partial charge in [-0.25, -0.2) is 9.97 Å². The van der Waals surface area contributed by atoms with Crippen molar-refractivity contribution in [1.82, 2.24) is 9.97 Å². The smallest absolute Gasteiger partial charge is 0.224 e. The lowest BCUT2D eigenvalue weighted by molar-refractivity contribution is 0.290. The van der Waals surface area contributed by atoms with Crippen molar-refractivity contribution in [1.29, 1.82) is 0 Å². The van der Waals surface area contributed by atoms with Gasteiger partial charge in [0.1, 0.15) is 10.9 Å². The summed E-state index contributed by atoms with van der Waals surface area (Å²) in [4.78, 5) is 8.05. The van der Waals surface area contributed by atoms with Gasteiger partial charge in [0, 0.05) is 11.6 Å². The second-order valence-electron chi connectivity index (χ2n) is 4.87. The number of rotatable bonds is 5. The number of benzene rings is 1. The van der Waals surface area contributed by atoms with Gasteiger partial charge in [0.25, 0.3) is 0 Å². The van der Waals surface area contributed by atoms with Gasteiger partial charge in [-0.05, 0) is 36.1 Å². The highest BCUT2D eigenvalue weighted by molar-refractivity contribution is 6.32. The van der Waals surface area contributed by atoms with Crippen LogP contribution >= 0.6 is 23.2 Å². The summed E-state index contributed by atoms with van der Waals surface area (Å²) in [6, 6.07) is 9.38. The highest BCUT2D eigenvalue weighted by atomic mass is 35.5. The highest BCUT2D eigenvalue weighted by Gasteiger charge is 2.10. The van der Waals surface area contributed by atoms with E-state index in [0.717, 1.165) is 17.7 Å². The van der Waals surface area contributed by atoms with Gasteiger partial charge in [-0.15, -0.1) is 0 Å². The molecule has 0 unspecified atom stereocenters. The fourth-order valence-electron chi connectivity index (χ4n) is 1.74. The second-order valence-corrected chi connectivity index (χ2v) is 5.60. The Morgan fingerprint density at radius 1 is 1.15 bits per heavy atom. The SMILES string of the molecule is CC(C)CCOc1ccccc1-c1cc(Cl)nc(Cl)n1. The topological polar surface area (TPSA) is 35.0 Å². The molecular formula is C15H16Cl2N2O. The average molecular weight is 311 g/mol. The Hall–Kier alpha value is -1.32. The van der Waals surface area contributed by atoms with Gasteiger partial charge in [-0.2, -0.15) is 0 Å². The van der Waals surface area contributed by atoms with Crippen molar-refractivity contribution < 1.29 is 4.74 Å². The van der Waals surface area contributed by atoms with Crippen molar-refractivity contribution in [2.45, 2.75) is 20.3 Å². The molecule has 0 radical (unpaired) electrons. The van der Waals surface area contributed by atoms with Crippen LogP contribution in [0.4, 0.5) is 0 Å². The summed E-state index contributed by atoms with van der Waals surface area (Å²) in [7, 11) is 0. The summed E-state index contributed by atoms with van der Waals surface area (Å²) < 4.78 is 5.84. The van der Waals surface area contributed by atoms with E-state index < -0.39 is 0 Å². The molecule has 0 N–H and O–H groups in total. The van der Waals surface area contributed by atoms with Crippen LogP contribution in [-0.2, 0) is 0 Å². The molecule has 0 bridgehead atoms. The first-order chi connectivity index (χ1) is 9.56. The lowest BCUT2D eigenvalue weighted by Crippen LogP contribution is -2.02. The predicted molar refractivity (Wildman–Crippen MR) is 82.4 cm³/mol. The van der Waals surface area contributed by atoms with E-state index >= 15 is 0 Å². The van der Waals surface area contributed by atoms with E-state index in [1.54, 1.807) is 6.07 Å². The first-order valence-electron chi connectivity index (χ1n) is 6.48. The highest BCUT2D eigenvalue weighted by Crippen LogP contribution is 2.30. The molecular weight excluding hydrogens is 295 g/mol. The maximum atomic E-state index is 5.92. The summed E-state index contributed by atoms with van der Waals surface area (Å²) in [6.45, 7) is 5.00. The molecule has 0 aliphatic heterocycles. The first-order valence-corrected chi connectivity index (χ1v) is 7.24. The van der Waals surface area contributed by atoms with Crippen molar-refractivity contribution in [2.75, 3.05) is 6.61 Å². The molecule has 1 aromatic heterocycles. The average Bonchev–Trinajstić information content (AvgIpc) is 2.37. The largest absolute Gasteiger partial charge is 0.493 e. The van der Waals surface area contributed by atoms with Crippen LogP contribution in [-0.4, -0.2) is 16.6 Å². The summed E-state index contributed by atoms with van der Waals surface area (Å²) >= 11 is 11.8. The van der Waals surface area contributed by atoms with Crippen LogP contribution in [0.3, 0.4) is 0 Å². The van der Waals surface area contributed by atoms with Crippen LogP contribution in [0.15, 0.2) is 30.3 Å². The van der Waals surface area contributed by atoms with Crippen LogP contribution in [0.25, 0.3) is 11.3 Å². The van der Waals surface area contributed by atoms with Crippen molar-refractivity contribution in [3.8, 4) is 17.0 Å². The third kappa shape index (κ3) is 4.09. The monoisotopic (exact) mass is 310 g/mol. The Bertz CT molecular complexity index is 568. The zero-order chi connectivity index (χ0) is 14.5. The molecule has 106 valence electrons.